The van der Waals surface area contributed by atoms with E-state index >= 15 is 0 Å². The molecule has 5 heteroatoms. The van der Waals surface area contributed by atoms with Gasteiger partial charge in [0.1, 0.15) is 0 Å². The van der Waals surface area contributed by atoms with Crippen LogP contribution in [0.4, 0.5) is 13.2 Å². The van der Waals surface area contributed by atoms with E-state index in [0.717, 1.165) is 24.1 Å². The van der Waals surface area contributed by atoms with Crippen molar-refractivity contribution in [3.05, 3.63) is 35.4 Å². The highest BCUT2D eigenvalue weighted by Gasteiger charge is 2.26. The largest absolute Gasteiger partial charge is 0.391 e. The Balaban J connectivity index is 2.44. The summed E-state index contributed by atoms with van der Waals surface area (Å²) in [6, 6.07) is 7.71. The molecule has 0 spiro atoms. The second-order valence-corrected chi connectivity index (χ2v) is 6.11. The molecular formula is C16H24F3NO. The van der Waals surface area contributed by atoms with Crippen molar-refractivity contribution >= 4 is 0 Å². The summed E-state index contributed by atoms with van der Waals surface area (Å²) in [5, 5.41) is 3.40. The van der Waals surface area contributed by atoms with E-state index < -0.39 is 12.6 Å². The van der Waals surface area contributed by atoms with Gasteiger partial charge < -0.3 is 10.1 Å². The number of hydrogen-bond acceptors (Lipinski definition) is 2. The molecule has 0 radical (unpaired) electrons. The Morgan fingerprint density at radius 2 is 1.67 bits per heavy atom. The molecule has 0 aliphatic carbocycles. The van der Waals surface area contributed by atoms with Crippen molar-refractivity contribution in [1.82, 2.24) is 5.32 Å². The van der Waals surface area contributed by atoms with Crippen LogP contribution in [0.3, 0.4) is 0 Å². The molecule has 0 aliphatic heterocycles. The summed E-state index contributed by atoms with van der Waals surface area (Å²) in [7, 11) is 0. The number of ether oxygens (including phenoxy) is 1. The molecule has 0 aromatic heterocycles. The SMILES string of the molecule is CC(C)(C)NCCc1ccccc1COCCC(F)(F)F. The summed E-state index contributed by atoms with van der Waals surface area (Å²) in [5.74, 6) is 0. The van der Waals surface area contributed by atoms with Crippen LogP contribution in [0.15, 0.2) is 24.3 Å². The van der Waals surface area contributed by atoms with Crippen LogP contribution in [0.25, 0.3) is 0 Å². The van der Waals surface area contributed by atoms with Gasteiger partial charge in [-0.25, -0.2) is 0 Å². The summed E-state index contributed by atoms with van der Waals surface area (Å²) in [6.45, 7) is 7.04. The lowest BCUT2D eigenvalue weighted by Crippen LogP contribution is -2.37. The molecule has 0 fully saturated rings. The summed E-state index contributed by atoms with van der Waals surface area (Å²) in [4.78, 5) is 0. The zero-order valence-corrected chi connectivity index (χ0v) is 12.9. The summed E-state index contributed by atoms with van der Waals surface area (Å²) < 4.78 is 41.3. The third-order valence-electron chi connectivity index (χ3n) is 2.96. The molecule has 1 aromatic rings. The van der Waals surface area contributed by atoms with Crippen molar-refractivity contribution in [3.8, 4) is 0 Å². The molecule has 0 saturated heterocycles. The van der Waals surface area contributed by atoms with Gasteiger partial charge in [0, 0.05) is 5.54 Å². The Hall–Kier alpha value is -1.07. The number of halogens is 3. The first kappa shape index (κ1) is 18.0. The second-order valence-electron chi connectivity index (χ2n) is 6.11. The Bertz CT molecular complexity index is 424. The van der Waals surface area contributed by atoms with E-state index in [1.54, 1.807) is 0 Å². The van der Waals surface area contributed by atoms with Gasteiger partial charge in [0.05, 0.1) is 19.6 Å². The average molecular weight is 303 g/mol. The molecular weight excluding hydrogens is 279 g/mol. The molecule has 0 aliphatic rings. The van der Waals surface area contributed by atoms with E-state index in [2.05, 4.69) is 26.1 Å². The second kappa shape index (κ2) is 7.80. The van der Waals surface area contributed by atoms with Crippen LogP contribution in [-0.4, -0.2) is 24.9 Å². The maximum atomic E-state index is 12.1. The standard InChI is InChI=1S/C16H24F3NO/c1-15(2,3)20-10-8-13-6-4-5-7-14(13)12-21-11-9-16(17,18)19/h4-7,20H,8-12H2,1-3H3. The van der Waals surface area contributed by atoms with Crippen LogP contribution < -0.4 is 5.32 Å². The summed E-state index contributed by atoms with van der Waals surface area (Å²) in [6.07, 6.45) is -4.23. The maximum Gasteiger partial charge on any atom is 0.391 e. The smallest absolute Gasteiger partial charge is 0.376 e. The predicted molar refractivity (Wildman–Crippen MR) is 78.2 cm³/mol. The fourth-order valence-electron chi connectivity index (χ4n) is 1.88. The monoisotopic (exact) mass is 303 g/mol. The first-order valence-corrected chi connectivity index (χ1v) is 7.14. The topological polar surface area (TPSA) is 21.3 Å². The van der Waals surface area contributed by atoms with Gasteiger partial charge >= 0.3 is 6.18 Å². The molecule has 1 N–H and O–H groups in total. The van der Waals surface area contributed by atoms with E-state index in [1.165, 1.54) is 0 Å². The molecule has 0 atom stereocenters. The van der Waals surface area contributed by atoms with E-state index in [-0.39, 0.29) is 18.8 Å². The highest BCUT2D eigenvalue weighted by molar-refractivity contribution is 5.26. The van der Waals surface area contributed by atoms with Crippen LogP contribution in [-0.2, 0) is 17.8 Å². The van der Waals surface area contributed by atoms with Crippen molar-refractivity contribution in [2.24, 2.45) is 0 Å². The van der Waals surface area contributed by atoms with Gasteiger partial charge in [-0.05, 0) is 44.9 Å². The van der Waals surface area contributed by atoms with E-state index in [0.29, 0.717) is 0 Å². The van der Waals surface area contributed by atoms with Gasteiger partial charge in [0.25, 0.3) is 0 Å². The Kier molecular flexibility index (Phi) is 6.68. The molecule has 0 saturated carbocycles. The molecule has 2 nitrogen and oxygen atoms in total. The molecule has 1 aromatic carbocycles. The fourth-order valence-corrected chi connectivity index (χ4v) is 1.88. The molecule has 21 heavy (non-hydrogen) atoms. The lowest BCUT2D eigenvalue weighted by Gasteiger charge is -2.21. The van der Waals surface area contributed by atoms with E-state index in [1.807, 2.05) is 24.3 Å². The number of alkyl halides is 3. The summed E-state index contributed by atoms with van der Waals surface area (Å²) >= 11 is 0. The van der Waals surface area contributed by atoms with Crippen molar-refractivity contribution in [2.75, 3.05) is 13.2 Å². The first-order chi connectivity index (χ1) is 9.67. The van der Waals surface area contributed by atoms with Crippen molar-refractivity contribution < 1.29 is 17.9 Å². The van der Waals surface area contributed by atoms with Crippen LogP contribution >= 0.6 is 0 Å². The zero-order chi connectivity index (χ0) is 15.9. The van der Waals surface area contributed by atoms with Gasteiger partial charge in [-0.3, -0.25) is 0 Å². The van der Waals surface area contributed by atoms with Gasteiger partial charge in [0.15, 0.2) is 0 Å². The molecule has 0 amide bonds. The number of rotatable bonds is 7. The predicted octanol–water partition coefficient (Wildman–Crippen LogP) is 4.09. The quantitative estimate of drug-likeness (QED) is 0.766. The van der Waals surface area contributed by atoms with Crippen LogP contribution in [0.1, 0.15) is 38.3 Å². The number of hydrogen-bond donors (Lipinski definition) is 1. The van der Waals surface area contributed by atoms with Crippen molar-refractivity contribution in [1.29, 1.82) is 0 Å². The number of benzene rings is 1. The van der Waals surface area contributed by atoms with Crippen LogP contribution in [0.5, 0.6) is 0 Å². The van der Waals surface area contributed by atoms with Gasteiger partial charge in [-0.2, -0.15) is 13.2 Å². The van der Waals surface area contributed by atoms with Gasteiger partial charge in [0.2, 0.25) is 0 Å². The Morgan fingerprint density at radius 1 is 1.05 bits per heavy atom. The Labute approximate surface area is 124 Å². The fraction of sp³-hybridized carbons (Fsp3) is 0.625. The molecule has 0 unspecified atom stereocenters. The van der Waals surface area contributed by atoms with Crippen LogP contribution in [0.2, 0.25) is 0 Å². The van der Waals surface area contributed by atoms with Crippen molar-refractivity contribution in [2.45, 2.75) is 51.9 Å². The van der Waals surface area contributed by atoms with E-state index in [4.69, 9.17) is 4.74 Å². The zero-order valence-electron chi connectivity index (χ0n) is 12.9. The molecule has 1 rings (SSSR count). The van der Waals surface area contributed by atoms with E-state index in [9.17, 15) is 13.2 Å². The minimum absolute atomic E-state index is 0.0537. The third kappa shape index (κ3) is 8.73. The molecule has 0 heterocycles. The van der Waals surface area contributed by atoms with Crippen LogP contribution in [0, 0.1) is 0 Å². The maximum absolute atomic E-state index is 12.1. The normalized spacial score (nSPS) is 12.7. The Morgan fingerprint density at radius 3 is 2.24 bits per heavy atom. The first-order valence-electron chi connectivity index (χ1n) is 7.14. The lowest BCUT2D eigenvalue weighted by molar-refractivity contribution is -0.146. The lowest BCUT2D eigenvalue weighted by atomic mass is 10.0. The minimum atomic E-state index is -4.16. The number of nitrogens with one attached hydrogen (secondary N) is 1. The average Bonchev–Trinajstić information content (AvgIpc) is 2.33. The van der Waals surface area contributed by atoms with Gasteiger partial charge in [-0.1, -0.05) is 24.3 Å². The minimum Gasteiger partial charge on any atom is -0.376 e. The highest BCUT2D eigenvalue weighted by atomic mass is 19.4. The van der Waals surface area contributed by atoms with Crippen molar-refractivity contribution in [3.63, 3.8) is 0 Å². The summed E-state index contributed by atoms with van der Waals surface area (Å²) in [5.41, 5.74) is 2.12. The van der Waals surface area contributed by atoms with Gasteiger partial charge in [-0.15, -0.1) is 0 Å². The molecule has 120 valence electrons. The third-order valence-corrected chi connectivity index (χ3v) is 2.96. The molecule has 0 bridgehead atoms. The highest BCUT2D eigenvalue weighted by Crippen LogP contribution is 2.19.